The first-order valence-electron chi connectivity index (χ1n) is 13.9. The Morgan fingerprint density at radius 3 is 1.49 bits per heavy atom. The molecule has 9 heteroatoms. The number of aryl methyl sites for hydroxylation is 2. The van der Waals surface area contributed by atoms with Crippen molar-refractivity contribution < 1.29 is 14.0 Å². The molecule has 0 saturated carbocycles. The number of anilines is 2. The molecule has 0 unspecified atom stereocenters. The Hall–Kier alpha value is -2.93. The smallest absolute Gasteiger partial charge is 0.309 e. The number of rotatable bonds is 16. The maximum atomic E-state index is 6.14. The van der Waals surface area contributed by atoms with Crippen LogP contribution in [0.1, 0.15) is 22.3 Å². The van der Waals surface area contributed by atoms with Gasteiger partial charge in [0.15, 0.2) is 0 Å². The first kappa shape index (κ1) is 31.0. The fourth-order valence-electron chi connectivity index (χ4n) is 4.36. The maximum absolute atomic E-state index is 6.14. The van der Waals surface area contributed by atoms with Gasteiger partial charge in [-0.15, -0.1) is 0 Å². The molecule has 4 aromatic carbocycles. The molecule has 0 aliphatic rings. The van der Waals surface area contributed by atoms with Gasteiger partial charge in [0.05, 0.1) is 13.2 Å². The van der Waals surface area contributed by atoms with Crippen molar-refractivity contribution in [2.24, 2.45) is 0 Å². The highest BCUT2D eigenvalue weighted by Gasteiger charge is 2.08. The first-order chi connectivity index (χ1) is 20.0. The van der Waals surface area contributed by atoms with Crippen LogP contribution in [0.5, 0.6) is 0 Å². The van der Waals surface area contributed by atoms with Crippen LogP contribution in [0.2, 0.25) is 10.0 Å². The lowest BCUT2D eigenvalue weighted by atomic mass is 9.83. The van der Waals surface area contributed by atoms with Gasteiger partial charge in [-0.1, -0.05) is 71.7 Å². The molecule has 0 aliphatic heterocycles. The Morgan fingerprint density at radius 2 is 1.05 bits per heavy atom. The summed E-state index contributed by atoms with van der Waals surface area (Å²) in [4.78, 5) is 0. The van der Waals surface area contributed by atoms with Crippen molar-refractivity contribution in [3.8, 4) is 0 Å². The first-order valence-corrected chi connectivity index (χ1v) is 14.6. The highest BCUT2D eigenvalue weighted by molar-refractivity contribution is 6.48. The molecule has 0 atom stereocenters. The summed E-state index contributed by atoms with van der Waals surface area (Å²) >= 11 is 12.2. The summed E-state index contributed by atoms with van der Waals surface area (Å²) in [6, 6.07) is 28.4. The van der Waals surface area contributed by atoms with E-state index in [9.17, 15) is 0 Å². The van der Waals surface area contributed by atoms with E-state index in [1.165, 1.54) is 0 Å². The standard InChI is InChI=1S/C32H36B2Cl2N2O3/c1-23-19-27(11-13-31(23)35)37-15-17-40-33-29-9-5-3-7-25(29)21-39-22-26-8-4-6-10-30(26)34-41-18-16-38-28-12-14-32(36)24(2)20-28/h3-14,19-20,33-34,37-38H,15-18,21-22H2,1-2H3. The van der Waals surface area contributed by atoms with E-state index in [2.05, 4.69) is 34.9 Å². The zero-order valence-corrected chi connectivity index (χ0v) is 25.2. The molecule has 0 aromatic heterocycles. The van der Waals surface area contributed by atoms with Gasteiger partial charge in [0.2, 0.25) is 0 Å². The van der Waals surface area contributed by atoms with E-state index < -0.39 is 0 Å². The van der Waals surface area contributed by atoms with Crippen LogP contribution in [0.4, 0.5) is 11.4 Å². The molecule has 0 fully saturated rings. The maximum Gasteiger partial charge on any atom is 0.309 e. The normalized spacial score (nSPS) is 10.8. The van der Waals surface area contributed by atoms with Crippen molar-refractivity contribution in [1.82, 2.24) is 0 Å². The van der Waals surface area contributed by atoms with E-state index in [0.717, 1.165) is 67.7 Å². The van der Waals surface area contributed by atoms with E-state index in [4.69, 9.17) is 37.2 Å². The largest absolute Gasteiger partial charge is 0.433 e. The third-order valence-electron chi connectivity index (χ3n) is 6.73. The van der Waals surface area contributed by atoms with Crippen LogP contribution in [0, 0.1) is 13.8 Å². The second kappa shape index (κ2) is 16.5. The van der Waals surface area contributed by atoms with Crippen LogP contribution in [0.15, 0.2) is 84.9 Å². The van der Waals surface area contributed by atoms with Gasteiger partial charge in [0, 0.05) is 47.7 Å². The van der Waals surface area contributed by atoms with Crippen molar-refractivity contribution >= 4 is 60.5 Å². The molecule has 4 aromatic rings. The van der Waals surface area contributed by atoms with Crippen molar-refractivity contribution in [2.45, 2.75) is 27.1 Å². The summed E-state index contributed by atoms with van der Waals surface area (Å²) in [6.45, 7) is 7.66. The lowest BCUT2D eigenvalue weighted by molar-refractivity contribution is 0.108. The second-order valence-corrected chi connectivity index (χ2v) is 10.7. The van der Waals surface area contributed by atoms with Gasteiger partial charge < -0.3 is 24.7 Å². The van der Waals surface area contributed by atoms with Gasteiger partial charge in [-0.25, -0.2) is 0 Å². The van der Waals surface area contributed by atoms with Crippen molar-refractivity contribution in [3.05, 3.63) is 117 Å². The molecule has 0 saturated heterocycles. The van der Waals surface area contributed by atoms with Crippen LogP contribution in [0.25, 0.3) is 0 Å². The topological polar surface area (TPSA) is 51.8 Å². The Labute approximate surface area is 255 Å². The fourth-order valence-corrected chi connectivity index (χ4v) is 4.59. The molecular formula is C32H36B2Cl2N2O3. The lowest BCUT2D eigenvalue weighted by Crippen LogP contribution is -2.26. The van der Waals surface area contributed by atoms with Crippen LogP contribution >= 0.6 is 23.2 Å². The highest BCUT2D eigenvalue weighted by Crippen LogP contribution is 2.20. The van der Waals surface area contributed by atoms with Crippen LogP contribution in [-0.2, 0) is 27.3 Å². The molecule has 0 bridgehead atoms. The summed E-state index contributed by atoms with van der Waals surface area (Å²) in [5.74, 6) is 0. The monoisotopic (exact) mass is 588 g/mol. The fraction of sp³-hybridized carbons (Fsp3) is 0.250. The predicted octanol–water partition coefficient (Wildman–Crippen LogP) is 5.54. The Bertz CT molecular complexity index is 1300. The van der Waals surface area contributed by atoms with E-state index in [1.807, 2.05) is 74.5 Å². The van der Waals surface area contributed by atoms with Crippen LogP contribution < -0.4 is 21.6 Å². The quantitative estimate of drug-likeness (QED) is 0.133. The summed E-state index contributed by atoms with van der Waals surface area (Å²) < 4.78 is 18.0. The summed E-state index contributed by atoms with van der Waals surface area (Å²) in [7, 11) is 1.07. The Balaban J connectivity index is 1.17. The summed E-state index contributed by atoms with van der Waals surface area (Å²) in [6.07, 6.45) is 0. The van der Waals surface area contributed by atoms with Gasteiger partial charge >= 0.3 is 15.0 Å². The molecule has 0 radical (unpaired) electrons. The molecular weight excluding hydrogens is 553 g/mol. The van der Waals surface area contributed by atoms with Crippen LogP contribution in [0.3, 0.4) is 0 Å². The van der Waals surface area contributed by atoms with E-state index in [1.54, 1.807) is 0 Å². The minimum atomic E-state index is 0.515. The Kier molecular flexibility index (Phi) is 12.5. The van der Waals surface area contributed by atoms with Gasteiger partial charge in [-0.2, -0.15) is 0 Å². The predicted molar refractivity (Wildman–Crippen MR) is 176 cm³/mol. The van der Waals surface area contributed by atoms with Gasteiger partial charge in [0.1, 0.15) is 0 Å². The highest BCUT2D eigenvalue weighted by atomic mass is 35.5. The van der Waals surface area contributed by atoms with Crippen molar-refractivity contribution in [3.63, 3.8) is 0 Å². The average molecular weight is 589 g/mol. The molecule has 5 nitrogen and oxygen atoms in total. The molecule has 41 heavy (non-hydrogen) atoms. The lowest BCUT2D eigenvalue weighted by Gasteiger charge is -2.13. The molecule has 4 rings (SSSR count). The number of ether oxygens (including phenoxy) is 1. The number of hydrogen-bond acceptors (Lipinski definition) is 5. The minimum absolute atomic E-state index is 0.515. The van der Waals surface area contributed by atoms with Crippen LogP contribution in [-0.4, -0.2) is 41.3 Å². The zero-order valence-electron chi connectivity index (χ0n) is 23.7. The van der Waals surface area contributed by atoms with E-state index in [-0.39, 0.29) is 0 Å². The average Bonchev–Trinajstić information content (AvgIpc) is 2.98. The third-order valence-corrected chi connectivity index (χ3v) is 7.58. The van der Waals surface area contributed by atoms with E-state index in [0.29, 0.717) is 41.4 Å². The SMILES string of the molecule is Cc1cc(NCCOBc2ccccc2COCc2ccccc2BOCCNc2ccc(Cl)c(C)c2)ccc1Cl. The molecule has 2 N–H and O–H groups in total. The molecule has 212 valence electrons. The van der Waals surface area contributed by atoms with Crippen molar-refractivity contribution in [1.29, 1.82) is 0 Å². The Morgan fingerprint density at radius 1 is 0.610 bits per heavy atom. The number of nitrogens with one attached hydrogen (secondary N) is 2. The van der Waals surface area contributed by atoms with Gasteiger partial charge in [0.25, 0.3) is 0 Å². The number of benzene rings is 4. The second-order valence-electron chi connectivity index (χ2n) is 9.92. The molecule has 0 aliphatic carbocycles. The number of halogens is 2. The van der Waals surface area contributed by atoms with Crippen molar-refractivity contribution in [2.75, 3.05) is 36.9 Å². The van der Waals surface area contributed by atoms with Gasteiger partial charge in [-0.3, -0.25) is 0 Å². The molecule has 0 spiro atoms. The van der Waals surface area contributed by atoms with E-state index >= 15 is 0 Å². The zero-order chi connectivity index (χ0) is 28.9. The summed E-state index contributed by atoms with van der Waals surface area (Å²) in [5.41, 5.74) is 8.72. The minimum Gasteiger partial charge on any atom is -0.433 e. The number of hydrogen-bond donors (Lipinski definition) is 2. The third kappa shape index (κ3) is 10.1. The van der Waals surface area contributed by atoms with Gasteiger partial charge in [-0.05, 0) is 83.4 Å². The molecule has 0 amide bonds. The summed E-state index contributed by atoms with van der Waals surface area (Å²) in [5, 5.41) is 8.30. The molecule has 0 heterocycles.